The summed E-state index contributed by atoms with van der Waals surface area (Å²) in [6.07, 6.45) is 1.82. The summed E-state index contributed by atoms with van der Waals surface area (Å²) in [4.78, 5) is 16.3. The number of carbonyl (C=O) groups excluding carboxylic acids is 1. The molecule has 6 heteroatoms. The molecule has 2 heterocycles. The molecule has 4 rings (SSSR count). The van der Waals surface area contributed by atoms with Gasteiger partial charge in [0.15, 0.2) is 0 Å². The Balaban J connectivity index is 1.38. The van der Waals surface area contributed by atoms with E-state index in [0.29, 0.717) is 13.1 Å². The molecule has 1 aromatic heterocycles. The molecule has 168 valence electrons. The van der Waals surface area contributed by atoms with E-state index in [4.69, 9.17) is 9.26 Å². The van der Waals surface area contributed by atoms with Crippen LogP contribution in [0.3, 0.4) is 0 Å². The maximum Gasteiger partial charge on any atom is 0.254 e. The van der Waals surface area contributed by atoms with Crippen LogP contribution in [0.1, 0.15) is 51.3 Å². The van der Waals surface area contributed by atoms with E-state index in [0.717, 1.165) is 57.4 Å². The molecule has 0 aliphatic carbocycles. The van der Waals surface area contributed by atoms with Crippen molar-refractivity contribution < 1.29 is 14.1 Å². The van der Waals surface area contributed by atoms with Gasteiger partial charge in [-0.2, -0.15) is 0 Å². The monoisotopic (exact) mass is 450 g/mol. The van der Waals surface area contributed by atoms with Crippen LogP contribution in [0.4, 0.5) is 0 Å². The summed E-state index contributed by atoms with van der Waals surface area (Å²) in [5.74, 6) is 2.62. The van der Waals surface area contributed by atoms with Crippen LogP contribution in [0, 0.1) is 27.7 Å². The van der Waals surface area contributed by atoms with Crippen molar-refractivity contribution in [3.63, 3.8) is 0 Å². The Morgan fingerprint density at radius 1 is 1.12 bits per heavy atom. The Morgan fingerprint density at radius 3 is 2.59 bits per heavy atom. The number of nitrogens with zero attached hydrogens (tertiary/aromatic N) is 2. The third-order valence-electron chi connectivity index (χ3n) is 6.04. The number of thioether (sulfide) groups is 1. The highest BCUT2D eigenvalue weighted by molar-refractivity contribution is 7.98. The van der Waals surface area contributed by atoms with Crippen molar-refractivity contribution in [1.82, 2.24) is 10.1 Å². The van der Waals surface area contributed by atoms with E-state index in [1.165, 1.54) is 5.56 Å². The third-order valence-corrected chi connectivity index (χ3v) is 7.14. The number of carbonyl (C=O) groups is 1. The summed E-state index contributed by atoms with van der Waals surface area (Å²) in [5, 5.41) is 4.03. The van der Waals surface area contributed by atoms with Crippen molar-refractivity contribution in [1.29, 1.82) is 0 Å². The van der Waals surface area contributed by atoms with Crippen molar-refractivity contribution in [2.24, 2.45) is 0 Å². The van der Waals surface area contributed by atoms with Crippen LogP contribution >= 0.6 is 11.8 Å². The first-order valence-corrected chi connectivity index (χ1v) is 12.1. The van der Waals surface area contributed by atoms with Crippen molar-refractivity contribution in [2.45, 2.75) is 57.3 Å². The minimum atomic E-state index is 0.0945. The SMILES string of the molecule is Cc1ccc(C)c(OC2CCN(C(=O)c3ccccc3SCc3c(C)noc3C)CC2)c1. The Hall–Kier alpha value is -2.73. The number of hydrogen-bond acceptors (Lipinski definition) is 5. The fourth-order valence-electron chi connectivity index (χ4n) is 3.99. The largest absolute Gasteiger partial charge is 0.490 e. The summed E-state index contributed by atoms with van der Waals surface area (Å²) < 4.78 is 11.5. The van der Waals surface area contributed by atoms with E-state index in [9.17, 15) is 4.79 Å². The molecule has 2 aromatic carbocycles. The predicted octanol–water partition coefficient (Wildman–Crippen LogP) is 5.88. The van der Waals surface area contributed by atoms with Crippen LogP contribution in [-0.2, 0) is 5.75 Å². The van der Waals surface area contributed by atoms with Gasteiger partial charge in [-0.25, -0.2) is 0 Å². The van der Waals surface area contributed by atoms with Crippen molar-refractivity contribution in [3.8, 4) is 5.75 Å². The number of likely N-dealkylation sites (tertiary alicyclic amines) is 1. The molecule has 1 aliphatic heterocycles. The number of rotatable bonds is 6. The average molecular weight is 451 g/mol. The number of aryl methyl sites for hydroxylation is 4. The quantitative estimate of drug-likeness (QED) is 0.439. The fraction of sp³-hybridized carbons (Fsp3) is 0.385. The Bertz CT molecular complexity index is 1080. The molecule has 0 N–H and O–H groups in total. The number of hydrogen-bond donors (Lipinski definition) is 0. The van der Waals surface area contributed by atoms with Gasteiger partial charge in [-0.1, -0.05) is 29.4 Å². The Morgan fingerprint density at radius 2 is 1.88 bits per heavy atom. The Kier molecular flexibility index (Phi) is 6.89. The van der Waals surface area contributed by atoms with Crippen LogP contribution in [0.15, 0.2) is 51.9 Å². The molecule has 0 atom stereocenters. The van der Waals surface area contributed by atoms with Gasteiger partial charge in [0.05, 0.1) is 11.3 Å². The van der Waals surface area contributed by atoms with E-state index in [-0.39, 0.29) is 12.0 Å². The van der Waals surface area contributed by atoms with E-state index in [2.05, 4.69) is 37.2 Å². The average Bonchev–Trinajstić information content (AvgIpc) is 3.12. The van der Waals surface area contributed by atoms with Gasteiger partial charge in [0, 0.05) is 42.1 Å². The van der Waals surface area contributed by atoms with Gasteiger partial charge in [0.2, 0.25) is 0 Å². The van der Waals surface area contributed by atoms with Crippen molar-refractivity contribution in [2.75, 3.05) is 13.1 Å². The highest BCUT2D eigenvalue weighted by atomic mass is 32.2. The van der Waals surface area contributed by atoms with Crippen LogP contribution in [0.25, 0.3) is 0 Å². The summed E-state index contributed by atoms with van der Waals surface area (Å²) >= 11 is 1.66. The Labute approximate surface area is 194 Å². The summed E-state index contributed by atoms with van der Waals surface area (Å²) in [6, 6.07) is 14.2. The molecule has 0 unspecified atom stereocenters. The molecule has 5 nitrogen and oxygen atoms in total. The van der Waals surface area contributed by atoms with Gasteiger partial charge in [-0.15, -0.1) is 11.8 Å². The molecule has 1 aliphatic rings. The maximum atomic E-state index is 13.3. The minimum Gasteiger partial charge on any atom is -0.490 e. The van der Waals surface area contributed by atoms with Crippen molar-refractivity contribution in [3.05, 3.63) is 76.2 Å². The summed E-state index contributed by atoms with van der Waals surface area (Å²) in [5.41, 5.74) is 5.12. The topological polar surface area (TPSA) is 55.6 Å². The molecule has 3 aromatic rings. The molecular formula is C26H30N2O3S. The lowest BCUT2D eigenvalue weighted by Gasteiger charge is -2.33. The zero-order chi connectivity index (χ0) is 22.7. The number of piperidine rings is 1. The first kappa shape index (κ1) is 22.5. The van der Waals surface area contributed by atoms with Crippen LogP contribution in [0.2, 0.25) is 0 Å². The molecule has 1 amide bonds. The van der Waals surface area contributed by atoms with E-state index in [1.807, 2.05) is 43.0 Å². The van der Waals surface area contributed by atoms with Crippen LogP contribution in [0.5, 0.6) is 5.75 Å². The standard InChI is InChI=1S/C26H30N2O3S/c1-17-9-10-18(2)24(15-17)30-21-11-13-28(14-12-21)26(29)22-7-5-6-8-25(22)32-16-23-19(3)27-31-20(23)4/h5-10,15,21H,11-14,16H2,1-4H3. The minimum absolute atomic E-state index is 0.0945. The summed E-state index contributed by atoms with van der Waals surface area (Å²) in [7, 11) is 0. The molecule has 0 bridgehead atoms. The lowest BCUT2D eigenvalue weighted by molar-refractivity contribution is 0.0591. The van der Waals surface area contributed by atoms with Gasteiger partial charge in [0.1, 0.15) is 17.6 Å². The van der Waals surface area contributed by atoms with Crippen LogP contribution in [-0.4, -0.2) is 35.2 Å². The zero-order valence-corrected chi connectivity index (χ0v) is 20.0. The zero-order valence-electron chi connectivity index (χ0n) is 19.2. The van der Waals surface area contributed by atoms with Gasteiger partial charge in [-0.3, -0.25) is 4.79 Å². The normalized spacial score (nSPS) is 14.6. The molecule has 32 heavy (non-hydrogen) atoms. The van der Waals surface area contributed by atoms with E-state index < -0.39 is 0 Å². The van der Waals surface area contributed by atoms with Gasteiger partial charge in [0.25, 0.3) is 5.91 Å². The second-order valence-corrected chi connectivity index (χ2v) is 9.48. The third kappa shape index (κ3) is 5.01. The first-order valence-electron chi connectivity index (χ1n) is 11.1. The van der Waals surface area contributed by atoms with Gasteiger partial charge in [-0.05, 0) is 57.0 Å². The predicted molar refractivity (Wildman–Crippen MR) is 127 cm³/mol. The second-order valence-electron chi connectivity index (χ2n) is 8.47. The molecule has 0 saturated carbocycles. The highest BCUT2D eigenvalue weighted by Gasteiger charge is 2.26. The highest BCUT2D eigenvalue weighted by Crippen LogP contribution is 2.30. The number of benzene rings is 2. The number of ether oxygens (including phenoxy) is 1. The second kappa shape index (κ2) is 9.82. The maximum absolute atomic E-state index is 13.3. The van der Waals surface area contributed by atoms with Crippen LogP contribution < -0.4 is 4.74 Å². The smallest absolute Gasteiger partial charge is 0.254 e. The molecule has 0 spiro atoms. The molecule has 1 saturated heterocycles. The number of aromatic nitrogens is 1. The van der Waals surface area contributed by atoms with E-state index >= 15 is 0 Å². The van der Waals surface area contributed by atoms with E-state index in [1.54, 1.807) is 11.8 Å². The van der Waals surface area contributed by atoms with Crippen molar-refractivity contribution >= 4 is 17.7 Å². The first-order chi connectivity index (χ1) is 15.4. The fourth-order valence-corrected chi connectivity index (χ4v) is 5.19. The van der Waals surface area contributed by atoms with Gasteiger partial charge >= 0.3 is 0 Å². The lowest BCUT2D eigenvalue weighted by Crippen LogP contribution is -2.42. The lowest BCUT2D eigenvalue weighted by atomic mass is 10.1. The van der Waals surface area contributed by atoms with Gasteiger partial charge < -0.3 is 14.2 Å². The molecule has 1 fully saturated rings. The number of amides is 1. The summed E-state index contributed by atoms with van der Waals surface area (Å²) in [6.45, 7) is 9.44. The molecular weight excluding hydrogens is 420 g/mol. The molecule has 0 radical (unpaired) electrons.